The van der Waals surface area contributed by atoms with Crippen molar-refractivity contribution in [2.75, 3.05) is 20.7 Å². The summed E-state index contributed by atoms with van der Waals surface area (Å²) in [5.74, 6) is 0. The van der Waals surface area contributed by atoms with Crippen LogP contribution in [0.15, 0.2) is 0 Å². The summed E-state index contributed by atoms with van der Waals surface area (Å²) >= 11 is 0. The summed E-state index contributed by atoms with van der Waals surface area (Å²) in [4.78, 5) is 2.13. The van der Waals surface area contributed by atoms with Gasteiger partial charge in [0, 0.05) is 6.04 Å². The lowest BCUT2D eigenvalue weighted by Crippen LogP contribution is -2.31. The molecule has 0 aliphatic carbocycles. The Morgan fingerprint density at radius 1 is 0.789 bits per heavy atom. The second kappa shape index (κ2) is 16.3. The van der Waals surface area contributed by atoms with Crippen molar-refractivity contribution in [1.82, 2.24) is 4.90 Å². The highest BCUT2D eigenvalue weighted by Gasteiger charge is 2.08. The molecular formula is C16H36ClNO. The van der Waals surface area contributed by atoms with Crippen LogP contribution >= 0.6 is 12.4 Å². The average Bonchev–Trinajstić information content (AvgIpc) is 2.35. The van der Waals surface area contributed by atoms with E-state index >= 15 is 0 Å². The van der Waals surface area contributed by atoms with Gasteiger partial charge >= 0.3 is 0 Å². The average molecular weight is 294 g/mol. The summed E-state index contributed by atoms with van der Waals surface area (Å²) in [5, 5.41) is 9.20. The molecule has 0 saturated heterocycles. The van der Waals surface area contributed by atoms with E-state index in [9.17, 15) is 5.11 Å². The molecule has 0 radical (unpaired) electrons. The molecule has 0 heterocycles. The normalized spacial score (nSPS) is 12.5. The summed E-state index contributed by atoms with van der Waals surface area (Å²) in [6, 6.07) is 0.360. The smallest absolute Gasteiger partial charge is 0.0586 e. The van der Waals surface area contributed by atoms with Crippen LogP contribution in [0.1, 0.15) is 77.6 Å². The molecule has 1 N–H and O–H groups in total. The van der Waals surface area contributed by atoms with Crippen LogP contribution in [-0.2, 0) is 0 Å². The Balaban J connectivity index is 0. The lowest BCUT2D eigenvalue weighted by molar-refractivity contribution is 0.159. The van der Waals surface area contributed by atoms with Crippen molar-refractivity contribution >= 4 is 12.4 Å². The summed E-state index contributed by atoms with van der Waals surface area (Å²) in [6.45, 7) is 2.57. The fraction of sp³-hybridized carbons (Fsp3) is 1.00. The summed E-state index contributed by atoms with van der Waals surface area (Å²) in [5.41, 5.74) is 0. The molecule has 0 amide bonds. The molecule has 0 fully saturated rings. The van der Waals surface area contributed by atoms with Gasteiger partial charge in [0.15, 0.2) is 0 Å². The molecule has 2 nitrogen and oxygen atoms in total. The molecule has 0 aromatic carbocycles. The number of nitrogens with zero attached hydrogens (tertiary/aromatic N) is 1. The molecule has 3 heteroatoms. The lowest BCUT2D eigenvalue weighted by Gasteiger charge is -2.21. The van der Waals surface area contributed by atoms with Crippen LogP contribution in [0.25, 0.3) is 0 Å². The van der Waals surface area contributed by atoms with Gasteiger partial charge in [0.1, 0.15) is 0 Å². The van der Waals surface area contributed by atoms with Gasteiger partial charge < -0.3 is 10.0 Å². The van der Waals surface area contributed by atoms with Crippen molar-refractivity contribution in [2.45, 2.75) is 83.6 Å². The standard InChI is InChI=1S/C16H35NO.ClH/c1-4-5-6-7-8-9-10-11-12-13-14-16(15-18)17(2)3;/h16,18H,4-15H2,1-3H3;1H. The fourth-order valence-corrected chi connectivity index (χ4v) is 2.38. The summed E-state index contributed by atoms with van der Waals surface area (Å²) in [6.07, 6.45) is 15.0. The van der Waals surface area contributed by atoms with Gasteiger partial charge in [-0.15, -0.1) is 12.4 Å². The van der Waals surface area contributed by atoms with Crippen LogP contribution in [0.2, 0.25) is 0 Å². The molecule has 1 atom stereocenters. The van der Waals surface area contributed by atoms with Crippen LogP contribution in [0.4, 0.5) is 0 Å². The lowest BCUT2D eigenvalue weighted by atomic mass is 10.0. The maximum absolute atomic E-state index is 9.20. The highest BCUT2D eigenvalue weighted by molar-refractivity contribution is 5.85. The molecule has 19 heavy (non-hydrogen) atoms. The summed E-state index contributed by atoms with van der Waals surface area (Å²) in [7, 11) is 4.11. The third kappa shape index (κ3) is 14.4. The van der Waals surface area contributed by atoms with Crippen molar-refractivity contribution in [1.29, 1.82) is 0 Å². The van der Waals surface area contributed by atoms with Crippen LogP contribution in [0, 0.1) is 0 Å². The number of hydrogen-bond donors (Lipinski definition) is 1. The Kier molecular flexibility index (Phi) is 18.4. The molecule has 0 aromatic heterocycles. The van der Waals surface area contributed by atoms with Gasteiger partial charge in [0.2, 0.25) is 0 Å². The van der Waals surface area contributed by atoms with Crippen LogP contribution in [-0.4, -0.2) is 36.8 Å². The van der Waals surface area contributed by atoms with E-state index in [2.05, 4.69) is 25.9 Å². The first-order valence-corrected chi connectivity index (χ1v) is 7.99. The van der Waals surface area contributed by atoms with Crippen LogP contribution in [0.5, 0.6) is 0 Å². The van der Waals surface area contributed by atoms with E-state index in [0.29, 0.717) is 12.6 Å². The quantitative estimate of drug-likeness (QED) is 0.500. The van der Waals surface area contributed by atoms with E-state index in [1.165, 1.54) is 64.2 Å². The molecule has 0 aromatic rings. The third-order valence-electron chi connectivity index (χ3n) is 3.83. The minimum Gasteiger partial charge on any atom is -0.395 e. The van der Waals surface area contributed by atoms with Gasteiger partial charge in [0.05, 0.1) is 6.61 Å². The first kappa shape index (κ1) is 21.5. The van der Waals surface area contributed by atoms with Gasteiger partial charge in [-0.3, -0.25) is 0 Å². The second-order valence-electron chi connectivity index (χ2n) is 5.77. The minimum atomic E-state index is 0. The van der Waals surface area contributed by atoms with Crippen molar-refractivity contribution in [3.63, 3.8) is 0 Å². The van der Waals surface area contributed by atoms with E-state index in [-0.39, 0.29) is 12.4 Å². The molecule has 0 bridgehead atoms. The number of hydrogen-bond acceptors (Lipinski definition) is 2. The molecule has 118 valence electrons. The minimum absolute atomic E-state index is 0. The van der Waals surface area contributed by atoms with Gasteiger partial charge in [-0.25, -0.2) is 0 Å². The van der Waals surface area contributed by atoms with Crippen molar-refractivity contribution in [2.24, 2.45) is 0 Å². The Morgan fingerprint density at radius 2 is 1.21 bits per heavy atom. The van der Waals surface area contributed by atoms with Crippen molar-refractivity contribution < 1.29 is 5.11 Å². The number of aliphatic hydroxyl groups excluding tert-OH is 1. The molecule has 0 spiro atoms. The van der Waals surface area contributed by atoms with E-state index in [0.717, 1.165) is 6.42 Å². The predicted octanol–water partition coefficient (Wildman–Crippen LogP) is 4.64. The molecule has 0 saturated carbocycles. The number of halogens is 1. The zero-order valence-electron chi connectivity index (χ0n) is 13.4. The zero-order chi connectivity index (χ0) is 13.6. The van der Waals surface area contributed by atoms with Crippen LogP contribution in [0.3, 0.4) is 0 Å². The number of unbranched alkanes of at least 4 members (excludes halogenated alkanes) is 9. The number of rotatable bonds is 13. The molecular weight excluding hydrogens is 258 g/mol. The van der Waals surface area contributed by atoms with Crippen molar-refractivity contribution in [3.05, 3.63) is 0 Å². The Morgan fingerprint density at radius 3 is 1.58 bits per heavy atom. The number of likely N-dealkylation sites (N-methyl/N-ethyl adjacent to an activating group) is 1. The second-order valence-corrected chi connectivity index (χ2v) is 5.77. The monoisotopic (exact) mass is 293 g/mol. The molecule has 0 rings (SSSR count). The van der Waals surface area contributed by atoms with Gasteiger partial charge in [-0.05, 0) is 20.5 Å². The first-order chi connectivity index (χ1) is 8.72. The van der Waals surface area contributed by atoms with E-state index in [1.54, 1.807) is 0 Å². The van der Waals surface area contributed by atoms with Crippen LogP contribution < -0.4 is 0 Å². The van der Waals surface area contributed by atoms with Gasteiger partial charge in [0.25, 0.3) is 0 Å². The third-order valence-corrected chi connectivity index (χ3v) is 3.83. The number of aliphatic hydroxyl groups is 1. The summed E-state index contributed by atoms with van der Waals surface area (Å²) < 4.78 is 0. The van der Waals surface area contributed by atoms with Crippen molar-refractivity contribution in [3.8, 4) is 0 Å². The predicted molar refractivity (Wildman–Crippen MR) is 88.3 cm³/mol. The van der Waals surface area contributed by atoms with E-state index in [1.807, 2.05) is 0 Å². The molecule has 0 aliphatic heterocycles. The SMILES string of the molecule is CCCCCCCCCCCCC(CO)N(C)C.Cl. The topological polar surface area (TPSA) is 23.5 Å². The first-order valence-electron chi connectivity index (χ1n) is 7.99. The highest BCUT2D eigenvalue weighted by atomic mass is 35.5. The maximum atomic E-state index is 9.20. The fourth-order valence-electron chi connectivity index (χ4n) is 2.38. The highest BCUT2D eigenvalue weighted by Crippen LogP contribution is 2.12. The maximum Gasteiger partial charge on any atom is 0.0586 e. The Labute approximate surface area is 127 Å². The van der Waals surface area contributed by atoms with E-state index in [4.69, 9.17) is 0 Å². The van der Waals surface area contributed by atoms with E-state index < -0.39 is 0 Å². The Bertz CT molecular complexity index is 165. The Hall–Kier alpha value is 0.210. The van der Waals surface area contributed by atoms with Gasteiger partial charge in [-0.1, -0.05) is 71.1 Å². The molecule has 1 unspecified atom stereocenters. The largest absolute Gasteiger partial charge is 0.395 e. The molecule has 0 aliphatic rings. The zero-order valence-corrected chi connectivity index (χ0v) is 14.2. The van der Waals surface area contributed by atoms with Gasteiger partial charge in [-0.2, -0.15) is 0 Å².